The molecule has 0 bridgehead atoms. The molecule has 18 heavy (non-hydrogen) atoms. The Balaban J connectivity index is 2.45. The number of oxazole rings is 1. The molecule has 0 spiro atoms. The van der Waals surface area contributed by atoms with Crippen molar-refractivity contribution in [3.8, 4) is 0 Å². The van der Waals surface area contributed by atoms with E-state index in [1.165, 1.54) is 6.07 Å². The number of benzene rings is 1. The summed E-state index contributed by atoms with van der Waals surface area (Å²) >= 11 is 0. The van der Waals surface area contributed by atoms with Gasteiger partial charge in [-0.05, 0) is 26.0 Å². The average Bonchev–Trinajstić information content (AvgIpc) is 2.69. The molecule has 0 aliphatic carbocycles. The van der Waals surface area contributed by atoms with Crippen molar-refractivity contribution in [1.82, 2.24) is 4.98 Å². The molecule has 1 heterocycles. The zero-order valence-electron chi connectivity index (χ0n) is 10.6. The molecule has 0 saturated heterocycles. The number of fused-ring (bicyclic) bond motifs is 1. The van der Waals surface area contributed by atoms with Crippen LogP contribution in [0.5, 0.6) is 0 Å². The highest BCUT2D eigenvalue weighted by Gasteiger charge is 2.22. The van der Waals surface area contributed by atoms with E-state index < -0.39 is 11.6 Å². The minimum absolute atomic E-state index is 0.126. The van der Waals surface area contributed by atoms with Gasteiger partial charge in [0.2, 0.25) is 0 Å². The number of aromatic carboxylic acids is 1. The van der Waals surface area contributed by atoms with Crippen LogP contribution in [-0.2, 0) is 11.2 Å². The maximum Gasteiger partial charge on any atom is 0.339 e. The van der Waals surface area contributed by atoms with Crippen molar-refractivity contribution < 1.29 is 19.1 Å². The molecule has 2 rings (SSSR count). The molecular formula is C13H15NO4. The molecule has 0 amide bonds. The summed E-state index contributed by atoms with van der Waals surface area (Å²) in [4.78, 5) is 15.3. The second kappa shape index (κ2) is 4.42. The molecule has 5 nitrogen and oxygen atoms in total. The minimum Gasteiger partial charge on any atom is -0.478 e. The normalized spacial score (nSPS) is 11.9. The van der Waals surface area contributed by atoms with Crippen molar-refractivity contribution in [3.05, 3.63) is 29.7 Å². The Morgan fingerprint density at radius 3 is 2.83 bits per heavy atom. The van der Waals surface area contributed by atoms with E-state index in [9.17, 15) is 4.79 Å². The van der Waals surface area contributed by atoms with E-state index in [2.05, 4.69) is 4.98 Å². The largest absolute Gasteiger partial charge is 0.478 e. The van der Waals surface area contributed by atoms with Crippen LogP contribution in [0.1, 0.15) is 30.1 Å². The van der Waals surface area contributed by atoms with Crippen LogP contribution in [0.3, 0.4) is 0 Å². The predicted molar refractivity (Wildman–Crippen MR) is 65.8 cm³/mol. The summed E-state index contributed by atoms with van der Waals surface area (Å²) in [6.45, 7) is 3.83. The maximum atomic E-state index is 11.1. The molecular weight excluding hydrogens is 234 g/mol. The van der Waals surface area contributed by atoms with Gasteiger partial charge in [0.1, 0.15) is 11.1 Å². The number of carboxylic acid groups (broad SMARTS) is 1. The Labute approximate surface area is 104 Å². The third-order valence-corrected chi connectivity index (χ3v) is 2.82. The number of para-hydroxylation sites is 1. The first-order valence-electron chi connectivity index (χ1n) is 5.60. The molecule has 5 heteroatoms. The number of ether oxygens (including phenoxy) is 1. The summed E-state index contributed by atoms with van der Waals surface area (Å²) in [5.41, 5.74) is 0.592. The second-order valence-electron chi connectivity index (χ2n) is 4.71. The number of carboxylic acids is 1. The minimum atomic E-state index is -1.02. The highest BCUT2D eigenvalue weighted by atomic mass is 16.5. The first-order chi connectivity index (χ1) is 8.43. The van der Waals surface area contributed by atoms with E-state index in [0.29, 0.717) is 23.4 Å². The molecule has 1 N–H and O–H groups in total. The highest BCUT2D eigenvalue weighted by Crippen LogP contribution is 2.23. The van der Waals surface area contributed by atoms with E-state index in [-0.39, 0.29) is 5.56 Å². The number of carbonyl (C=O) groups is 1. The van der Waals surface area contributed by atoms with E-state index in [4.69, 9.17) is 14.3 Å². The summed E-state index contributed by atoms with van der Waals surface area (Å²) in [6, 6.07) is 4.88. The Kier molecular flexibility index (Phi) is 3.09. The fourth-order valence-electron chi connectivity index (χ4n) is 1.68. The van der Waals surface area contributed by atoms with Crippen molar-refractivity contribution in [1.29, 1.82) is 0 Å². The molecule has 2 aromatic rings. The standard InChI is InChI=1S/C13H15NO4/c1-13(2,17-3)7-10-14-9-6-4-5-8(12(15)16)11(9)18-10/h4-6H,7H2,1-3H3,(H,15,16). The van der Waals surface area contributed by atoms with Gasteiger partial charge >= 0.3 is 5.97 Å². The van der Waals surface area contributed by atoms with Crippen molar-refractivity contribution in [3.63, 3.8) is 0 Å². The van der Waals surface area contributed by atoms with Gasteiger partial charge in [-0.25, -0.2) is 9.78 Å². The van der Waals surface area contributed by atoms with Crippen molar-refractivity contribution >= 4 is 17.1 Å². The van der Waals surface area contributed by atoms with Crippen molar-refractivity contribution in [2.75, 3.05) is 7.11 Å². The number of aromatic nitrogens is 1. The zero-order valence-corrected chi connectivity index (χ0v) is 10.6. The molecule has 96 valence electrons. The van der Waals surface area contributed by atoms with E-state index in [1.54, 1.807) is 19.2 Å². The number of hydrogen-bond acceptors (Lipinski definition) is 4. The van der Waals surface area contributed by atoms with Gasteiger partial charge in [-0.15, -0.1) is 0 Å². The summed E-state index contributed by atoms with van der Waals surface area (Å²) in [7, 11) is 1.62. The number of methoxy groups -OCH3 is 1. The van der Waals surface area contributed by atoms with Crippen LogP contribution < -0.4 is 0 Å². The lowest BCUT2D eigenvalue weighted by atomic mass is 10.1. The Morgan fingerprint density at radius 1 is 1.50 bits per heavy atom. The van der Waals surface area contributed by atoms with Gasteiger partial charge in [-0.2, -0.15) is 0 Å². The van der Waals surface area contributed by atoms with Crippen LogP contribution in [0.25, 0.3) is 11.1 Å². The Hall–Kier alpha value is -1.88. The summed E-state index contributed by atoms with van der Waals surface area (Å²) in [5.74, 6) is -0.542. The molecule has 0 unspecified atom stereocenters. The third kappa shape index (κ3) is 2.36. The smallest absolute Gasteiger partial charge is 0.339 e. The van der Waals surface area contributed by atoms with Gasteiger partial charge in [-0.3, -0.25) is 0 Å². The highest BCUT2D eigenvalue weighted by molar-refractivity contribution is 5.99. The topological polar surface area (TPSA) is 72.6 Å². The molecule has 0 aliphatic rings. The molecule has 1 aromatic heterocycles. The zero-order chi connectivity index (χ0) is 13.3. The van der Waals surface area contributed by atoms with Gasteiger partial charge in [0.15, 0.2) is 11.5 Å². The van der Waals surface area contributed by atoms with Crippen molar-refractivity contribution in [2.45, 2.75) is 25.9 Å². The molecule has 1 aromatic carbocycles. The number of nitrogens with zero attached hydrogens (tertiary/aromatic N) is 1. The lowest BCUT2D eigenvalue weighted by Gasteiger charge is -2.20. The third-order valence-electron chi connectivity index (χ3n) is 2.82. The van der Waals surface area contributed by atoms with Gasteiger partial charge < -0.3 is 14.3 Å². The van der Waals surface area contributed by atoms with Gasteiger partial charge in [-0.1, -0.05) is 6.07 Å². The maximum absolute atomic E-state index is 11.1. The van der Waals surface area contributed by atoms with E-state index in [0.717, 1.165) is 0 Å². The Bertz CT molecular complexity index is 586. The average molecular weight is 249 g/mol. The van der Waals surface area contributed by atoms with Crippen LogP contribution in [0, 0.1) is 0 Å². The number of rotatable bonds is 4. The van der Waals surface area contributed by atoms with Crippen LogP contribution in [0.15, 0.2) is 22.6 Å². The van der Waals surface area contributed by atoms with Gasteiger partial charge in [0.05, 0.1) is 12.0 Å². The molecule has 0 radical (unpaired) electrons. The van der Waals surface area contributed by atoms with Crippen LogP contribution >= 0.6 is 0 Å². The predicted octanol–water partition coefficient (Wildman–Crippen LogP) is 2.49. The monoisotopic (exact) mass is 249 g/mol. The second-order valence-corrected chi connectivity index (χ2v) is 4.71. The lowest BCUT2D eigenvalue weighted by Crippen LogP contribution is -2.25. The Morgan fingerprint density at radius 2 is 2.22 bits per heavy atom. The lowest BCUT2D eigenvalue weighted by molar-refractivity contribution is 0.0184. The first kappa shape index (κ1) is 12.6. The molecule has 0 atom stereocenters. The first-order valence-corrected chi connectivity index (χ1v) is 5.60. The fraction of sp³-hybridized carbons (Fsp3) is 0.385. The SMILES string of the molecule is COC(C)(C)Cc1nc2cccc(C(=O)O)c2o1. The molecule has 0 fully saturated rings. The van der Waals surface area contributed by atoms with Gasteiger partial charge in [0, 0.05) is 7.11 Å². The summed E-state index contributed by atoms with van der Waals surface area (Å²) in [5, 5.41) is 9.06. The van der Waals surface area contributed by atoms with E-state index in [1.807, 2.05) is 13.8 Å². The van der Waals surface area contributed by atoms with Crippen molar-refractivity contribution in [2.24, 2.45) is 0 Å². The summed E-state index contributed by atoms with van der Waals surface area (Å²) < 4.78 is 10.8. The number of hydrogen-bond donors (Lipinski definition) is 1. The van der Waals surface area contributed by atoms with Crippen LogP contribution in [0.4, 0.5) is 0 Å². The van der Waals surface area contributed by atoms with E-state index >= 15 is 0 Å². The molecule has 0 aliphatic heterocycles. The van der Waals surface area contributed by atoms with Gasteiger partial charge in [0.25, 0.3) is 0 Å². The fourth-order valence-corrected chi connectivity index (χ4v) is 1.68. The van der Waals surface area contributed by atoms with Crippen LogP contribution in [0.2, 0.25) is 0 Å². The quantitative estimate of drug-likeness (QED) is 0.901. The molecule has 0 saturated carbocycles. The van der Waals surface area contributed by atoms with Crippen LogP contribution in [-0.4, -0.2) is 28.8 Å². The summed E-state index contributed by atoms with van der Waals surface area (Å²) in [6.07, 6.45) is 0.483.